The molecule has 4 aliphatic heterocycles. The maximum absolute atomic E-state index is 15.7. The molecule has 580 valence electrons. The zero-order valence-electron chi connectivity index (χ0n) is 60.7. The number of rotatable bonds is 15. The predicted octanol–water partition coefficient (Wildman–Crippen LogP) is 2.93. The van der Waals surface area contributed by atoms with Crippen LogP contribution >= 0.6 is 56.7 Å². The minimum Gasteiger partial charge on any atom is -0.499 e. The van der Waals surface area contributed by atoms with Gasteiger partial charge in [-0.2, -0.15) is 4.73 Å². The maximum Gasteiger partial charge on any atom is 0.358 e. The van der Waals surface area contributed by atoms with Crippen molar-refractivity contribution in [3.63, 3.8) is 0 Å². The van der Waals surface area contributed by atoms with Crippen molar-refractivity contribution >= 4 is 132 Å². The number of benzene rings is 1. The first-order chi connectivity index (χ1) is 52.3. The van der Waals surface area contributed by atoms with Crippen molar-refractivity contribution in [2.75, 3.05) is 69.2 Å². The number of hydrogen-bond donors (Lipinski definition) is 8. The molecule has 110 heavy (non-hydrogen) atoms. The summed E-state index contributed by atoms with van der Waals surface area (Å²) in [5.74, 6) is -9.04. The first-order valence-electron chi connectivity index (χ1n) is 33.6. The normalized spacial score (nSPS) is 22.5. The van der Waals surface area contributed by atoms with Crippen molar-refractivity contribution < 1.29 is 96.2 Å². The Kier molecular flexibility index (Phi) is 23.4. The van der Waals surface area contributed by atoms with Crippen molar-refractivity contribution in [2.24, 2.45) is 5.73 Å². The average molecular weight is 1610 g/mol. The Morgan fingerprint density at radius 3 is 2.14 bits per heavy atom. The molecule has 8 amide bonds. The molecule has 1 fully saturated rings. The van der Waals surface area contributed by atoms with E-state index >= 15 is 19.2 Å². The number of hydrogen-bond acceptors (Lipinski definition) is 32. The number of allylic oxidation sites excluding steroid dienone is 1. The van der Waals surface area contributed by atoms with Gasteiger partial charge in [0.15, 0.2) is 31.3 Å². The summed E-state index contributed by atoms with van der Waals surface area (Å²) in [6.45, 7) is 6.41. The molecule has 7 aromatic heterocycles. The molecule has 0 unspecified atom stereocenters. The number of ether oxygens (including phenoxy) is 7. The van der Waals surface area contributed by atoms with E-state index in [9.17, 15) is 39.0 Å². The van der Waals surface area contributed by atoms with Gasteiger partial charge < -0.3 is 95.2 Å². The number of aliphatic hydroxyl groups is 2. The molecule has 9 N–H and O–H groups in total. The second-order valence-corrected chi connectivity index (χ2v) is 30.8. The van der Waals surface area contributed by atoms with Crippen LogP contribution in [-0.4, -0.2) is 236 Å². The van der Waals surface area contributed by atoms with Gasteiger partial charge in [0.1, 0.15) is 120 Å². The van der Waals surface area contributed by atoms with Crippen LogP contribution in [0.4, 0.5) is 0 Å². The lowest BCUT2D eigenvalue weighted by atomic mass is 9.85. The largest absolute Gasteiger partial charge is 0.499 e. The van der Waals surface area contributed by atoms with E-state index in [0.717, 1.165) is 61.4 Å². The van der Waals surface area contributed by atoms with Gasteiger partial charge in [-0.15, -0.1) is 56.7 Å². The van der Waals surface area contributed by atoms with Crippen LogP contribution in [0.3, 0.4) is 0 Å². The van der Waals surface area contributed by atoms with Crippen LogP contribution in [0, 0.1) is 0 Å². The number of likely N-dealkylation sites (N-methyl/N-ethyl adjacent to an activating group) is 3. The summed E-state index contributed by atoms with van der Waals surface area (Å²) in [6, 6.07) is 0.799. The topological polar surface area (TPSA) is 463 Å². The van der Waals surface area contributed by atoms with E-state index in [0.29, 0.717) is 5.56 Å². The van der Waals surface area contributed by atoms with Crippen molar-refractivity contribution in [2.45, 2.75) is 108 Å². The van der Waals surface area contributed by atoms with Crippen LogP contribution in [0.1, 0.15) is 125 Å². The van der Waals surface area contributed by atoms with E-state index in [1.807, 2.05) is 0 Å². The lowest BCUT2D eigenvalue weighted by molar-refractivity contribution is -0.280. The smallest absolute Gasteiger partial charge is 0.358 e. The number of amides is 8. The lowest BCUT2D eigenvalue weighted by Gasteiger charge is -2.48. The number of primary amides is 1. The van der Waals surface area contributed by atoms with Crippen molar-refractivity contribution in [1.29, 1.82) is 0 Å². The highest BCUT2D eigenvalue weighted by Gasteiger charge is 2.50. The highest BCUT2D eigenvalue weighted by Crippen LogP contribution is 2.44. The predicted molar refractivity (Wildman–Crippen MR) is 396 cm³/mol. The fourth-order valence-electron chi connectivity index (χ4n) is 12.5. The summed E-state index contributed by atoms with van der Waals surface area (Å²) in [6.07, 6.45) is -7.76. The third-order valence-corrected chi connectivity index (χ3v) is 22.4. The molecule has 1 aromatic carbocycles. The summed E-state index contributed by atoms with van der Waals surface area (Å²) >= 11 is 4.46. The van der Waals surface area contributed by atoms with Gasteiger partial charge in [-0.1, -0.05) is 18.7 Å². The fourth-order valence-corrected chi connectivity index (χ4v) is 16.6. The Labute approximate surface area is 645 Å². The minimum absolute atomic E-state index is 0.0161. The van der Waals surface area contributed by atoms with Gasteiger partial charge >= 0.3 is 11.9 Å². The van der Waals surface area contributed by atoms with E-state index in [2.05, 4.69) is 43.1 Å². The molecule has 12 bridgehead atoms. The summed E-state index contributed by atoms with van der Waals surface area (Å²) in [7, 11) is 10.8. The molecule has 0 aliphatic carbocycles. The number of nitrogens with zero attached hydrogens (tertiary/aromatic N) is 10. The molecule has 0 saturated carbocycles. The molecule has 36 nitrogen and oxygen atoms in total. The molecule has 1 saturated heterocycles. The molecular formula is C69H74N16O20S5. The Morgan fingerprint density at radius 2 is 1.45 bits per heavy atom. The Morgan fingerprint density at radius 1 is 0.800 bits per heavy atom. The number of fused-ring (bicyclic) bond motifs is 15. The second kappa shape index (κ2) is 32.5. The van der Waals surface area contributed by atoms with Gasteiger partial charge in [0.25, 0.3) is 41.4 Å². The Bertz CT molecular complexity index is 5030. The Balaban J connectivity index is 1.08. The highest BCUT2D eigenvalue weighted by molar-refractivity contribution is 7.14. The maximum atomic E-state index is 15.7. The van der Waals surface area contributed by atoms with E-state index in [1.165, 1.54) is 91.9 Å². The third kappa shape index (κ3) is 16.5. The summed E-state index contributed by atoms with van der Waals surface area (Å²) in [4.78, 5) is 183. The van der Waals surface area contributed by atoms with E-state index in [-0.39, 0.29) is 116 Å². The molecule has 4 aliphatic rings. The SMILES string of the molecule is C=C(NC(=O)c1csc(-c2nc3c(cc2OCC(=O)N(C)C)-c2nc(cs2)C(=O)N[C@@H]([C@@H](C)O)C(=O)N/C(=C(\C)OC)c2nc(cs2)C(=O)N[C@@H]2c4nc(cs4)C(=O)N[C@@H](COC(=O)c4c5c6c(cccc6n4OCC(=O)N(C)C)COC(=O)[C@@H](O[C@H]4C[C@](C)(O)[C@H](N(C)C)[C@H](C)O4)[C@H]2OC5)c2nc-3cs2)n1)C(N)=O. The standard InChI is InChI=1S/C69H74N16O20S5/c1-28(56(70)89)71-57(90)37-25-109-65(76-37)50-42(99-21-43(87)82(6)7)16-33-49(78-50)36-23-107-63(73-36)35-20-102-67(95)52-34-19-100-53(54(105-45-17-69(5,97)55(84(10)11)31(4)104-45)68(96)101-18-32-14-13-15-41(46(32)34)85(52)103-22-44(88)83(8)9)51(66-77-38(26-110-66)58(91)72-35)81-60(93)40-27-108-64(75-40)48(30(3)98-12)80-61(94)47(29(2)86)79-59(92)39-24-106-62(33)74-39/h13-16,23-27,29,31,35,45,47,51,53-55,86,97H,1,17-22H2,2-12H3,(H2,70,89)(H,71,90)(H,72,91)(H,79,92)(H,80,94)(H,81,93)/b48-30+/t29-,31+,35+,45+,47+,51+,53+,54+,55-,69+/m1/s1. The van der Waals surface area contributed by atoms with Crippen LogP contribution < -0.4 is 41.9 Å². The number of aliphatic hydroxyl groups excluding tert-OH is 1. The van der Waals surface area contributed by atoms with E-state index < -0.39 is 158 Å². The van der Waals surface area contributed by atoms with E-state index in [1.54, 1.807) is 51.0 Å². The van der Waals surface area contributed by atoms with Crippen molar-refractivity contribution in [3.05, 3.63) is 124 Å². The molecule has 41 heteroatoms. The number of carbonyl (C=O) groups excluding carboxylic acids is 10. The highest BCUT2D eigenvalue weighted by atomic mass is 32.1. The lowest BCUT2D eigenvalue weighted by Crippen LogP contribution is -2.62. The van der Waals surface area contributed by atoms with Gasteiger partial charge in [-0.3, -0.25) is 38.4 Å². The van der Waals surface area contributed by atoms with Crippen molar-refractivity contribution in [1.82, 2.24) is 75.9 Å². The molecule has 11 heterocycles. The number of pyridine rings is 1. The second-order valence-electron chi connectivity index (χ2n) is 26.4. The van der Waals surface area contributed by atoms with Crippen LogP contribution in [-0.2, 0) is 65.6 Å². The number of nitrogens with two attached hydrogens (primary N) is 1. The molecule has 12 rings (SSSR count). The first-order valence-corrected chi connectivity index (χ1v) is 38.0. The van der Waals surface area contributed by atoms with Gasteiger partial charge in [0, 0.05) is 78.0 Å². The van der Waals surface area contributed by atoms with Crippen molar-refractivity contribution in [3.8, 4) is 38.4 Å². The summed E-state index contributed by atoms with van der Waals surface area (Å²) in [5.41, 5.74) is 2.32. The monoisotopic (exact) mass is 1610 g/mol. The van der Waals surface area contributed by atoms with Crippen LogP contribution in [0.5, 0.6) is 5.75 Å². The molecule has 0 radical (unpaired) electrons. The zero-order valence-corrected chi connectivity index (χ0v) is 64.8. The quantitative estimate of drug-likeness (QED) is 0.0415. The number of nitrogens with one attached hydrogen (secondary N) is 5. The van der Waals surface area contributed by atoms with E-state index in [4.69, 9.17) is 63.7 Å². The third-order valence-electron chi connectivity index (χ3n) is 18.0. The minimum atomic E-state index is -1.96. The fraction of sp³-hybridized carbons (Fsp3) is 0.391. The number of cyclic esters (lactones) is 2. The zero-order chi connectivity index (χ0) is 79.1. The summed E-state index contributed by atoms with van der Waals surface area (Å²) in [5, 5.41) is 43.9. The number of aromatic nitrogens is 7. The number of carbonyl (C=O) groups is 10. The number of thiazole rings is 5. The van der Waals surface area contributed by atoms with Gasteiger partial charge in [0.2, 0.25) is 5.91 Å². The number of methoxy groups -OCH3 is 1. The molecular weight excluding hydrogens is 1530 g/mol. The first kappa shape index (κ1) is 79.0. The van der Waals surface area contributed by atoms with Crippen LogP contribution in [0.15, 0.2) is 69.2 Å². The van der Waals surface area contributed by atoms with Gasteiger partial charge in [0.05, 0.1) is 48.8 Å². The molecule has 8 aromatic rings. The van der Waals surface area contributed by atoms with Crippen LogP contribution in [0.25, 0.3) is 49.3 Å². The average Bonchev–Trinajstić information content (AvgIpc) is 1.60. The Hall–Kier alpha value is -10.6. The molecule has 10 atom stereocenters. The summed E-state index contributed by atoms with van der Waals surface area (Å²) < 4.78 is 45.7. The van der Waals surface area contributed by atoms with Gasteiger partial charge in [-0.25, -0.2) is 39.5 Å². The molecule has 0 spiro atoms. The van der Waals surface area contributed by atoms with Gasteiger partial charge in [-0.05, 0) is 59.5 Å². The van der Waals surface area contributed by atoms with Crippen LogP contribution in [0.2, 0.25) is 0 Å². The number of esters is 2.